The highest BCUT2D eigenvalue weighted by Gasteiger charge is 2.07. The summed E-state index contributed by atoms with van der Waals surface area (Å²) in [6.07, 6.45) is 1.64. The van der Waals surface area contributed by atoms with Crippen LogP contribution < -0.4 is 10.2 Å². The molecule has 0 amide bonds. The molecular weight excluding hydrogens is 283 g/mol. The zero-order chi connectivity index (χ0) is 13.7. The Balaban J connectivity index is 2.11. The van der Waals surface area contributed by atoms with E-state index in [1.165, 1.54) is 7.11 Å². The first-order chi connectivity index (χ1) is 9.20. The van der Waals surface area contributed by atoms with Crippen LogP contribution in [0, 0.1) is 0 Å². The average Bonchev–Trinajstić information content (AvgIpc) is 2.40. The molecular formula is C14H12Cl2N2O. The predicted octanol–water partition coefficient (Wildman–Crippen LogP) is 4.45. The molecule has 98 valence electrons. The number of hydrazone groups is 1. The highest BCUT2D eigenvalue weighted by Crippen LogP contribution is 2.33. The second-order valence-corrected chi connectivity index (χ2v) is 4.57. The Morgan fingerprint density at radius 1 is 1.11 bits per heavy atom. The van der Waals surface area contributed by atoms with Crippen LogP contribution in [0.2, 0.25) is 10.0 Å². The van der Waals surface area contributed by atoms with Gasteiger partial charge >= 0.3 is 0 Å². The van der Waals surface area contributed by atoms with Crippen LogP contribution in [0.4, 0.5) is 5.69 Å². The SMILES string of the molecule is COc1c(Cl)cc(/C=N/Nc2ccccc2)cc1Cl. The van der Waals surface area contributed by atoms with Crippen LogP contribution in [-0.4, -0.2) is 13.3 Å². The van der Waals surface area contributed by atoms with Crippen molar-refractivity contribution in [2.45, 2.75) is 0 Å². The largest absolute Gasteiger partial charge is 0.494 e. The number of benzene rings is 2. The van der Waals surface area contributed by atoms with E-state index in [4.69, 9.17) is 27.9 Å². The summed E-state index contributed by atoms with van der Waals surface area (Å²) in [5.74, 6) is 0.469. The van der Waals surface area contributed by atoms with Gasteiger partial charge in [0.25, 0.3) is 0 Å². The van der Waals surface area contributed by atoms with Crippen molar-refractivity contribution in [3.8, 4) is 5.75 Å². The van der Waals surface area contributed by atoms with Crippen molar-refractivity contribution < 1.29 is 4.74 Å². The van der Waals surface area contributed by atoms with Gasteiger partial charge in [-0.2, -0.15) is 5.10 Å². The minimum Gasteiger partial charge on any atom is -0.494 e. The van der Waals surface area contributed by atoms with E-state index in [9.17, 15) is 0 Å². The third-order valence-electron chi connectivity index (χ3n) is 2.41. The highest BCUT2D eigenvalue weighted by atomic mass is 35.5. The Morgan fingerprint density at radius 2 is 1.74 bits per heavy atom. The van der Waals surface area contributed by atoms with Gasteiger partial charge in [-0.05, 0) is 29.8 Å². The van der Waals surface area contributed by atoms with Crippen LogP contribution in [0.1, 0.15) is 5.56 Å². The number of anilines is 1. The monoisotopic (exact) mass is 294 g/mol. The van der Waals surface area contributed by atoms with Crippen molar-refractivity contribution in [2.75, 3.05) is 12.5 Å². The van der Waals surface area contributed by atoms with E-state index in [0.29, 0.717) is 15.8 Å². The number of nitrogens with zero attached hydrogens (tertiary/aromatic N) is 1. The molecule has 2 aromatic carbocycles. The molecule has 0 aliphatic carbocycles. The summed E-state index contributed by atoms with van der Waals surface area (Å²) in [6.45, 7) is 0. The zero-order valence-corrected chi connectivity index (χ0v) is 11.7. The summed E-state index contributed by atoms with van der Waals surface area (Å²) in [5, 5.41) is 5.03. The normalized spacial score (nSPS) is 10.7. The third kappa shape index (κ3) is 3.63. The van der Waals surface area contributed by atoms with Crippen LogP contribution in [0.3, 0.4) is 0 Å². The molecule has 0 fully saturated rings. The molecule has 2 aromatic rings. The molecule has 2 rings (SSSR count). The van der Waals surface area contributed by atoms with Crippen molar-refractivity contribution in [1.82, 2.24) is 0 Å². The lowest BCUT2D eigenvalue weighted by Gasteiger charge is -2.06. The number of hydrogen-bond donors (Lipinski definition) is 1. The summed E-state index contributed by atoms with van der Waals surface area (Å²) < 4.78 is 5.08. The molecule has 0 aliphatic heterocycles. The standard InChI is InChI=1S/C14H12Cl2N2O/c1-19-14-12(15)7-10(8-13(14)16)9-17-18-11-5-3-2-4-6-11/h2-9,18H,1H3/b17-9+. The van der Waals surface area contributed by atoms with Crippen LogP contribution >= 0.6 is 23.2 Å². The topological polar surface area (TPSA) is 33.6 Å². The first-order valence-corrected chi connectivity index (χ1v) is 6.33. The summed E-state index contributed by atoms with van der Waals surface area (Å²) >= 11 is 12.1. The van der Waals surface area contributed by atoms with Crippen LogP contribution in [0.5, 0.6) is 5.75 Å². The van der Waals surface area contributed by atoms with E-state index in [1.54, 1.807) is 18.3 Å². The van der Waals surface area contributed by atoms with Gasteiger partial charge in [0.15, 0.2) is 5.75 Å². The Bertz CT molecular complexity index is 562. The summed E-state index contributed by atoms with van der Waals surface area (Å²) in [5.41, 5.74) is 4.61. The Labute approximate surface area is 121 Å². The third-order valence-corrected chi connectivity index (χ3v) is 2.97. The highest BCUT2D eigenvalue weighted by molar-refractivity contribution is 6.37. The van der Waals surface area contributed by atoms with Gasteiger partial charge in [0.1, 0.15) is 0 Å². The second-order valence-electron chi connectivity index (χ2n) is 3.75. The number of hydrogen-bond acceptors (Lipinski definition) is 3. The van der Waals surface area contributed by atoms with Crippen LogP contribution in [0.25, 0.3) is 0 Å². The fourth-order valence-electron chi connectivity index (χ4n) is 1.54. The molecule has 0 saturated carbocycles. The number of rotatable bonds is 4. The fourth-order valence-corrected chi connectivity index (χ4v) is 2.20. The molecule has 3 nitrogen and oxygen atoms in total. The van der Waals surface area contributed by atoms with E-state index >= 15 is 0 Å². The van der Waals surface area contributed by atoms with Crippen LogP contribution in [-0.2, 0) is 0 Å². The minimum absolute atomic E-state index is 0.455. The van der Waals surface area contributed by atoms with Gasteiger partial charge in [0.2, 0.25) is 0 Å². The quantitative estimate of drug-likeness (QED) is 0.668. The molecule has 0 heterocycles. The van der Waals surface area contributed by atoms with E-state index in [2.05, 4.69) is 10.5 Å². The molecule has 0 radical (unpaired) electrons. The Morgan fingerprint density at radius 3 is 2.32 bits per heavy atom. The number of para-hydroxylation sites is 1. The van der Waals surface area contributed by atoms with Gasteiger partial charge in [-0.3, -0.25) is 5.43 Å². The average molecular weight is 295 g/mol. The first-order valence-electron chi connectivity index (χ1n) is 5.58. The molecule has 0 spiro atoms. The minimum atomic E-state index is 0.455. The molecule has 0 saturated heterocycles. The summed E-state index contributed by atoms with van der Waals surface area (Å²) in [7, 11) is 1.53. The first kappa shape index (κ1) is 13.7. The van der Waals surface area contributed by atoms with Gasteiger partial charge in [-0.1, -0.05) is 41.4 Å². The molecule has 0 bridgehead atoms. The summed E-state index contributed by atoms with van der Waals surface area (Å²) in [4.78, 5) is 0. The number of methoxy groups -OCH3 is 1. The Hall–Kier alpha value is -1.71. The lowest BCUT2D eigenvalue weighted by molar-refractivity contribution is 0.415. The maximum atomic E-state index is 6.04. The van der Waals surface area contributed by atoms with E-state index in [0.717, 1.165) is 11.3 Å². The smallest absolute Gasteiger partial charge is 0.156 e. The lowest BCUT2D eigenvalue weighted by Crippen LogP contribution is -1.92. The van der Waals surface area contributed by atoms with Gasteiger partial charge in [0.05, 0.1) is 29.1 Å². The van der Waals surface area contributed by atoms with Crippen LogP contribution in [0.15, 0.2) is 47.6 Å². The molecule has 0 unspecified atom stereocenters. The van der Waals surface area contributed by atoms with Crippen molar-refractivity contribution in [3.63, 3.8) is 0 Å². The van der Waals surface area contributed by atoms with E-state index < -0.39 is 0 Å². The summed E-state index contributed by atoms with van der Waals surface area (Å²) in [6, 6.07) is 13.1. The van der Waals surface area contributed by atoms with E-state index in [-0.39, 0.29) is 0 Å². The van der Waals surface area contributed by atoms with Crippen molar-refractivity contribution in [3.05, 3.63) is 58.1 Å². The molecule has 19 heavy (non-hydrogen) atoms. The molecule has 0 atom stereocenters. The second kappa shape index (κ2) is 6.45. The van der Waals surface area contributed by atoms with Gasteiger partial charge < -0.3 is 4.74 Å². The van der Waals surface area contributed by atoms with E-state index in [1.807, 2.05) is 30.3 Å². The molecule has 5 heteroatoms. The zero-order valence-electron chi connectivity index (χ0n) is 10.2. The molecule has 1 N–H and O–H groups in total. The number of nitrogens with one attached hydrogen (secondary N) is 1. The van der Waals surface area contributed by atoms with Gasteiger partial charge in [0, 0.05) is 0 Å². The number of halogens is 2. The lowest BCUT2D eigenvalue weighted by atomic mass is 10.2. The fraction of sp³-hybridized carbons (Fsp3) is 0.0714. The van der Waals surface area contributed by atoms with Crippen molar-refractivity contribution in [1.29, 1.82) is 0 Å². The Kier molecular flexibility index (Phi) is 4.66. The van der Waals surface area contributed by atoms with Crippen molar-refractivity contribution >= 4 is 35.1 Å². The van der Waals surface area contributed by atoms with Gasteiger partial charge in [-0.25, -0.2) is 0 Å². The predicted molar refractivity (Wildman–Crippen MR) is 80.7 cm³/mol. The number of ether oxygens (including phenoxy) is 1. The van der Waals surface area contributed by atoms with Crippen molar-refractivity contribution in [2.24, 2.45) is 5.10 Å². The maximum Gasteiger partial charge on any atom is 0.156 e. The molecule has 0 aromatic heterocycles. The maximum absolute atomic E-state index is 6.04. The van der Waals surface area contributed by atoms with Gasteiger partial charge in [-0.15, -0.1) is 0 Å². The molecule has 0 aliphatic rings.